The fraction of sp³-hybridized carbons (Fsp3) is 1.00. The SMILES string of the molecule is CCCNC1CCN(C(CC)CC2CC2)CC1. The molecule has 2 rings (SSSR count). The number of nitrogens with zero attached hydrogens (tertiary/aromatic N) is 1. The van der Waals surface area contributed by atoms with E-state index in [0.717, 1.165) is 18.0 Å². The lowest BCUT2D eigenvalue weighted by Gasteiger charge is -2.37. The number of hydrogen-bond acceptors (Lipinski definition) is 2. The van der Waals surface area contributed by atoms with E-state index in [1.54, 1.807) is 0 Å². The van der Waals surface area contributed by atoms with Gasteiger partial charge in [0.15, 0.2) is 0 Å². The standard InChI is InChI=1S/C15H30N2/c1-3-9-16-14-7-10-17(11-8-14)15(4-2)12-13-5-6-13/h13-16H,3-12H2,1-2H3. The second kappa shape index (κ2) is 6.75. The average molecular weight is 238 g/mol. The van der Waals surface area contributed by atoms with E-state index in [2.05, 4.69) is 24.1 Å². The fourth-order valence-corrected chi connectivity index (χ4v) is 3.13. The molecular formula is C15H30N2. The molecule has 1 aliphatic heterocycles. The zero-order valence-corrected chi connectivity index (χ0v) is 11.8. The molecule has 1 atom stereocenters. The topological polar surface area (TPSA) is 15.3 Å². The summed E-state index contributed by atoms with van der Waals surface area (Å²) in [4.78, 5) is 2.77. The molecule has 1 N–H and O–H groups in total. The van der Waals surface area contributed by atoms with Gasteiger partial charge >= 0.3 is 0 Å². The Morgan fingerprint density at radius 1 is 1.12 bits per heavy atom. The molecule has 0 spiro atoms. The van der Waals surface area contributed by atoms with Crippen LogP contribution in [0.5, 0.6) is 0 Å². The third kappa shape index (κ3) is 4.26. The quantitative estimate of drug-likeness (QED) is 0.733. The van der Waals surface area contributed by atoms with Crippen molar-refractivity contribution in [3.8, 4) is 0 Å². The maximum Gasteiger partial charge on any atom is 0.00952 e. The van der Waals surface area contributed by atoms with Crippen LogP contribution in [0.4, 0.5) is 0 Å². The molecule has 0 aromatic rings. The van der Waals surface area contributed by atoms with Gasteiger partial charge in [0, 0.05) is 12.1 Å². The largest absolute Gasteiger partial charge is 0.314 e. The predicted molar refractivity (Wildman–Crippen MR) is 74.3 cm³/mol. The first-order chi connectivity index (χ1) is 8.33. The zero-order valence-electron chi connectivity index (χ0n) is 11.8. The van der Waals surface area contributed by atoms with Crippen molar-refractivity contribution in [3.63, 3.8) is 0 Å². The van der Waals surface area contributed by atoms with Crippen LogP contribution in [-0.4, -0.2) is 36.6 Å². The Bertz CT molecular complexity index is 205. The monoisotopic (exact) mass is 238 g/mol. The maximum absolute atomic E-state index is 3.68. The molecule has 1 saturated heterocycles. The number of rotatable bonds is 7. The van der Waals surface area contributed by atoms with Gasteiger partial charge in [-0.3, -0.25) is 0 Å². The van der Waals surface area contributed by atoms with Crippen molar-refractivity contribution in [2.45, 2.75) is 70.9 Å². The molecule has 2 heteroatoms. The molecule has 2 aliphatic rings. The van der Waals surface area contributed by atoms with E-state index in [1.807, 2.05) is 0 Å². The highest BCUT2D eigenvalue weighted by molar-refractivity contribution is 4.85. The van der Waals surface area contributed by atoms with E-state index in [1.165, 1.54) is 64.6 Å². The molecule has 0 bridgehead atoms. The summed E-state index contributed by atoms with van der Waals surface area (Å²) in [6.07, 6.45) is 9.82. The van der Waals surface area contributed by atoms with E-state index >= 15 is 0 Å². The lowest BCUT2D eigenvalue weighted by atomic mass is 9.99. The summed E-state index contributed by atoms with van der Waals surface area (Å²) in [5, 5.41) is 3.68. The van der Waals surface area contributed by atoms with Crippen LogP contribution in [0, 0.1) is 5.92 Å². The van der Waals surface area contributed by atoms with Gasteiger partial charge in [-0.1, -0.05) is 26.7 Å². The first-order valence-electron chi connectivity index (χ1n) is 7.80. The maximum atomic E-state index is 3.68. The summed E-state index contributed by atoms with van der Waals surface area (Å²) in [5.41, 5.74) is 0. The predicted octanol–water partition coefficient (Wildman–Crippen LogP) is 3.03. The normalized spacial score (nSPS) is 25.1. The third-order valence-electron chi connectivity index (χ3n) is 4.50. The van der Waals surface area contributed by atoms with Crippen molar-refractivity contribution in [2.75, 3.05) is 19.6 Å². The molecule has 0 amide bonds. The Morgan fingerprint density at radius 3 is 2.35 bits per heavy atom. The van der Waals surface area contributed by atoms with Gasteiger partial charge < -0.3 is 10.2 Å². The van der Waals surface area contributed by atoms with Gasteiger partial charge in [0.05, 0.1) is 0 Å². The average Bonchev–Trinajstić information content (AvgIpc) is 3.18. The Kier molecular flexibility index (Phi) is 5.30. The zero-order chi connectivity index (χ0) is 12.1. The Balaban J connectivity index is 1.68. The van der Waals surface area contributed by atoms with E-state index in [9.17, 15) is 0 Å². The summed E-state index contributed by atoms with van der Waals surface area (Å²) in [5.74, 6) is 1.08. The van der Waals surface area contributed by atoms with E-state index in [0.29, 0.717) is 0 Å². The number of piperidine rings is 1. The van der Waals surface area contributed by atoms with Crippen molar-refractivity contribution in [1.82, 2.24) is 10.2 Å². The third-order valence-corrected chi connectivity index (χ3v) is 4.50. The second-order valence-corrected chi connectivity index (χ2v) is 6.01. The molecule has 1 heterocycles. The van der Waals surface area contributed by atoms with Crippen LogP contribution in [-0.2, 0) is 0 Å². The summed E-state index contributed by atoms with van der Waals surface area (Å²) in [6.45, 7) is 8.47. The second-order valence-electron chi connectivity index (χ2n) is 6.01. The molecule has 0 aromatic carbocycles. The van der Waals surface area contributed by atoms with Gasteiger partial charge in [0.2, 0.25) is 0 Å². The molecule has 0 radical (unpaired) electrons. The molecule has 1 unspecified atom stereocenters. The Labute approximate surface area is 107 Å². The minimum atomic E-state index is 0.796. The Morgan fingerprint density at radius 2 is 1.82 bits per heavy atom. The van der Waals surface area contributed by atoms with Gasteiger partial charge in [-0.15, -0.1) is 0 Å². The Hall–Kier alpha value is -0.0800. The summed E-state index contributed by atoms with van der Waals surface area (Å²) in [6, 6.07) is 1.68. The van der Waals surface area contributed by atoms with Crippen molar-refractivity contribution >= 4 is 0 Å². The minimum absolute atomic E-state index is 0.796. The van der Waals surface area contributed by atoms with Crippen LogP contribution in [0.25, 0.3) is 0 Å². The first kappa shape index (κ1) is 13.4. The van der Waals surface area contributed by atoms with Gasteiger partial charge in [0.25, 0.3) is 0 Å². The molecule has 100 valence electrons. The van der Waals surface area contributed by atoms with Gasteiger partial charge in [0.1, 0.15) is 0 Å². The van der Waals surface area contributed by atoms with E-state index in [-0.39, 0.29) is 0 Å². The van der Waals surface area contributed by atoms with Crippen LogP contribution in [0.2, 0.25) is 0 Å². The van der Waals surface area contributed by atoms with Crippen molar-refractivity contribution in [3.05, 3.63) is 0 Å². The van der Waals surface area contributed by atoms with Crippen molar-refractivity contribution in [2.24, 2.45) is 5.92 Å². The fourth-order valence-electron chi connectivity index (χ4n) is 3.13. The van der Waals surface area contributed by atoms with Crippen LogP contribution in [0.15, 0.2) is 0 Å². The smallest absolute Gasteiger partial charge is 0.00952 e. The van der Waals surface area contributed by atoms with Crippen molar-refractivity contribution in [1.29, 1.82) is 0 Å². The van der Waals surface area contributed by atoms with Gasteiger partial charge in [-0.05, 0) is 57.7 Å². The lowest BCUT2D eigenvalue weighted by molar-refractivity contribution is 0.129. The van der Waals surface area contributed by atoms with Crippen LogP contribution < -0.4 is 5.32 Å². The number of likely N-dealkylation sites (tertiary alicyclic amines) is 1. The van der Waals surface area contributed by atoms with Gasteiger partial charge in [-0.2, -0.15) is 0 Å². The van der Waals surface area contributed by atoms with E-state index in [4.69, 9.17) is 0 Å². The molecule has 1 aliphatic carbocycles. The lowest BCUT2D eigenvalue weighted by Crippen LogP contribution is -2.46. The minimum Gasteiger partial charge on any atom is -0.314 e. The van der Waals surface area contributed by atoms with Crippen LogP contribution in [0.1, 0.15) is 58.8 Å². The molecule has 2 fully saturated rings. The first-order valence-corrected chi connectivity index (χ1v) is 7.80. The molecule has 17 heavy (non-hydrogen) atoms. The van der Waals surface area contributed by atoms with Gasteiger partial charge in [-0.25, -0.2) is 0 Å². The number of hydrogen-bond donors (Lipinski definition) is 1. The highest BCUT2D eigenvalue weighted by atomic mass is 15.2. The molecular weight excluding hydrogens is 208 g/mol. The van der Waals surface area contributed by atoms with Crippen LogP contribution >= 0.6 is 0 Å². The van der Waals surface area contributed by atoms with E-state index < -0.39 is 0 Å². The molecule has 2 nitrogen and oxygen atoms in total. The molecule has 1 saturated carbocycles. The summed E-state index contributed by atoms with van der Waals surface area (Å²) in [7, 11) is 0. The number of nitrogens with one attached hydrogen (secondary N) is 1. The highest BCUT2D eigenvalue weighted by Gasteiger charge is 2.29. The summed E-state index contributed by atoms with van der Waals surface area (Å²) >= 11 is 0. The summed E-state index contributed by atoms with van der Waals surface area (Å²) < 4.78 is 0. The highest BCUT2D eigenvalue weighted by Crippen LogP contribution is 2.35. The van der Waals surface area contributed by atoms with Crippen LogP contribution in [0.3, 0.4) is 0 Å². The molecule has 0 aromatic heterocycles. The van der Waals surface area contributed by atoms with Crippen molar-refractivity contribution < 1.29 is 0 Å².